The van der Waals surface area contributed by atoms with E-state index in [0.717, 1.165) is 16.5 Å². The van der Waals surface area contributed by atoms with Gasteiger partial charge in [-0.2, -0.15) is 36.3 Å². The number of nitrogens with one attached hydrogen (secondary N) is 1. The minimum atomic E-state index is -5.18. The van der Waals surface area contributed by atoms with E-state index in [4.69, 9.17) is 18.0 Å². The molecule has 0 fully saturated rings. The summed E-state index contributed by atoms with van der Waals surface area (Å²) in [6.45, 7) is 0.0530. The van der Waals surface area contributed by atoms with Gasteiger partial charge in [0.1, 0.15) is 0 Å². The largest absolute Gasteiger partial charge is 0.451 e. The average molecular weight is 460 g/mol. The number of aromatic amines is 1. The Balaban J connectivity index is 1.87. The Morgan fingerprint density at radius 1 is 1.10 bits per heavy atom. The highest BCUT2D eigenvalue weighted by molar-refractivity contribution is 6.31. The molecule has 2 aromatic heterocycles. The number of hydrogen-bond acceptors (Lipinski definition) is 4. The third kappa shape index (κ3) is 3.87. The van der Waals surface area contributed by atoms with E-state index in [1.807, 2.05) is 0 Å². The summed E-state index contributed by atoms with van der Waals surface area (Å²) < 4.78 is 79.1. The zero-order valence-electron chi connectivity index (χ0n) is 15.4. The standard InChI is InChI=1S/C19H12ClF6N5/c1-2-3-13-14-10(11-8-9(20)4-5-12(11)27-14)6-7-31(13)17-29-15(18(21,22)23)28-16(30-17)19(24,25)26/h1,4-5,8,13,27H,3,6-7H2. The summed E-state index contributed by atoms with van der Waals surface area (Å²) in [6.07, 6.45) is -4.60. The number of aromatic nitrogens is 4. The summed E-state index contributed by atoms with van der Waals surface area (Å²) in [5, 5.41) is 1.30. The van der Waals surface area contributed by atoms with Crippen LogP contribution in [0.1, 0.15) is 35.4 Å². The van der Waals surface area contributed by atoms with Crippen molar-refractivity contribution >= 4 is 28.5 Å². The molecule has 12 heteroatoms. The zero-order chi connectivity index (χ0) is 22.6. The monoisotopic (exact) mass is 459 g/mol. The van der Waals surface area contributed by atoms with Gasteiger partial charge >= 0.3 is 12.4 Å². The lowest BCUT2D eigenvalue weighted by atomic mass is 9.96. The fourth-order valence-electron chi connectivity index (χ4n) is 3.65. The first-order valence-corrected chi connectivity index (χ1v) is 9.27. The number of halogens is 7. The molecule has 0 aliphatic carbocycles. The van der Waals surface area contributed by atoms with E-state index in [-0.39, 0.29) is 13.0 Å². The molecule has 1 aromatic carbocycles. The predicted molar refractivity (Wildman–Crippen MR) is 100 cm³/mol. The first kappa shape index (κ1) is 21.2. The van der Waals surface area contributed by atoms with Crippen LogP contribution in [0.4, 0.5) is 32.3 Å². The summed E-state index contributed by atoms with van der Waals surface area (Å²) >= 11 is 6.06. The lowest BCUT2D eigenvalue weighted by Crippen LogP contribution is -2.37. The summed E-state index contributed by atoms with van der Waals surface area (Å²) in [6, 6.07) is 4.38. The molecule has 1 aliphatic heterocycles. The predicted octanol–water partition coefficient (Wildman–Crippen LogP) is 5.17. The molecule has 0 radical (unpaired) electrons. The van der Waals surface area contributed by atoms with Crippen molar-refractivity contribution in [3.63, 3.8) is 0 Å². The van der Waals surface area contributed by atoms with Crippen molar-refractivity contribution in [2.45, 2.75) is 31.2 Å². The number of H-pyrrole nitrogens is 1. The van der Waals surface area contributed by atoms with Gasteiger partial charge in [0.2, 0.25) is 17.6 Å². The maximum atomic E-state index is 13.2. The normalized spacial score (nSPS) is 17.0. The molecule has 1 atom stereocenters. The van der Waals surface area contributed by atoms with Crippen LogP contribution in [0.3, 0.4) is 0 Å². The molecule has 0 amide bonds. The Hall–Kier alpha value is -3.00. The van der Waals surface area contributed by atoms with Gasteiger partial charge in [-0.15, -0.1) is 12.3 Å². The molecule has 4 rings (SSSR count). The molecule has 1 N–H and O–H groups in total. The second-order valence-electron chi connectivity index (χ2n) is 6.85. The molecule has 0 saturated carbocycles. The van der Waals surface area contributed by atoms with E-state index in [9.17, 15) is 26.3 Å². The topological polar surface area (TPSA) is 57.7 Å². The highest BCUT2D eigenvalue weighted by Gasteiger charge is 2.43. The van der Waals surface area contributed by atoms with Crippen molar-refractivity contribution in [2.75, 3.05) is 11.4 Å². The second-order valence-corrected chi connectivity index (χ2v) is 7.29. The van der Waals surface area contributed by atoms with Crippen molar-refractivity contribution in [3.05, 3.63) is 46.1 Å². The molecule has 1 unspecified atom stereocenters. The van der Waals surface area contributed by atoms with Crippen LogP contribution in [0, 0.1) is 12.3 Å². The number of anilines is 1. The van der Waals surface area contributed by atoms with Crippen LogP contribution in [-0.4, -0.2) is 26.5 Å². The fraction of sp³-hybridized carbons (Fsp3) is 0.316. The molecule has 1 aliphatic rings. The SMILES string of the molecule is C#CCC1c2[nH]c3ccc(Cl)cc3c2CCN1c1nc(C(F)(F)F)nc(C(F)(F)F)n1. The minimum Gasteiger partial charge on any atom is -0.356 e. The molecule has 0 spiro atoms. The van der Waals surface area contributed by atoms with E-state index in [2.05, 4.69) is 25.9 Å². The molecule has 5 nitrogen and oxygen atoms in total. The molecule has 3 aromatic rings. The third-order valence-corrected chi connectivity index (χ3v) is 5.15. The molecule has 0 bridgehead atoms. The van der Waals surface area contributed by atoms with Gasteiger partial charge in [-0.05, 0) is 30.2 Å². The van der Waals surface area contributed by atoms with E-state index < -0.39 is 36.0 Å². The number of rotatable bonds is 2. The smallest absolute Gasteiger partial charge is 0.356 e. The number of alkyl halides is 6. The fourth-order valence-corrected chi connectivity index (χ4v) is 3.82. The summed E-state index contributed by atoms with van der Waals surface area (Å²) in [7, 11) is 0. The van der Waals surface area contributed by atoms with Crippen LogP contribution in [-0.2, 0) is 18.8 Å². The lowest BCUT2D eigenvalue weighted by molar-refractivity contribution is -0.155. The molecule has 162 valence electrons. The average Bonchev–Trinajstić information content (AvgIpc) is 3.05. The summed E-state index contributed by atoms with van der Waals surface area (Å²) in [5.74, 6) is -2.15. The zero-order valence-corrected chi connectivity index (χ0v) is 16.2. The molecular weight excluding hydrogens is 448 g/mol. The van der Waals surface area contributed by atoms with Gasteiger partial charge in [0.05, 0.1) is 6.04 Å². The van der Waals surface area contributed by atoms with Crippen molar-refractivity contribution in [3.8, 4) is 12.3 Å². The van der Waals surface area contributed by atoms with Gasteiger partial charge in [-0.3, -0.25) is 0 Å². The van der Waals surface area contributed by atoms with Gasteiger partial charge in [-0.1, -0.05) is 11.6 Å². The Bertz CT molecular complexity index is 1160. The van der Waals surface area contributed by atoms with Crippen molar-refractivity contribution in [1.82, 2.24) is 19.9 Å². The van der Waals surface area contributed by atoms with E-state index >= 15 is 0 Å². The number of benzene rings is 1. The Kier molecular flexibility index (Phi) is 5.00. The quantitative estimate of drug-likeness (QED) is 0.424. The van der Waals surface area contributed by atoms with Crippen LogP contribution < -0.4 is 4.90 Å². The first-order chi connectivity index (χ1) is 14.5. The minimum absolute atomic E-state index is 0.00192. The van der Waals surface area contributed by atoms with Crippen LogP contribution >= 0.6 is 11.6 Å². The summed E-state index contributed by atoms with van der Waals surface area (Å²) in [5.41, 5.74) is 2.14. The van der Waals surface area contributed by atoms with Crippen molar-refractivity contribution < 1.29 is 26.3 Å². The van der Waals surface area contributed by atoms with E-state index in [1.54, 1.807) is 18.2 Å². The maximum absolute atomic E-state index is 13.2. The van der Waals surface area contributed by atoms with Crippen LogP contribution in [0.2, 0.25) is 5.02 Å². The van der Waals surface area contributed by atoms with Gasteiger partial charge in [0, 0.05) is 34.6 Å². The highest BCUT2D eigenvalue weighted by Crippen LogP contribution is 2.40. The lowest BCUT2D eigenvalue weighted by Gasteiger charge is -2.35. The Morgan fingerprint density at radius 2 is 1.74 bits per heavy atom. The Morgan fingerprint density at radius 3 is 2.32 bits per heavy atom. The van der Waals surface area contributed by atoms with Gasteiger partial charge < -0.3 is 9.88 Å². The van der Waals surface area contributed by atoms with Gasteiger partial charge in [0.15, 0.2) is 0 Å². The van der Waals surface area contributed by atoms with E-state index in [0.29, 0.717) is 17.1 Å². The highest BCUT2D eigenvalue weighted by atomic mass is 35.5. The molecular formula is C19H12ClF6N5. The Labute approximate surface area is 176 Å². The second kappa shape index (κ2) is 7.30. The van der Waals surface area contributed by atoms with Crippen molar-refractivity contribution in [2.24, 2.45) is 0 Å². The van der Waals surface area contributed by atoms with Crippen molar-refractivity contribution in [1.29, 1.82) is 0 Å². The van der Waals surface area contributed by atoms with Crippen LogP contribution in [0.25, 0.3) is 10.9 Å². The number of terminal acetylenes is 1. The molecule has 0 saturated heterocycles. The summed E-state index contributed by atoms with van der Waals surface area (Å²) in [4.78, 5) is 13.5. The van der Waals surface area contributed by atoms with E-state index in [1.165, 1.54) is 4.90 Å². The number of hydrogen-bond donors (Lipinski definition) is 1. The number of fused-ring (bicyclic) bond motifs is 3. The third-order valence-electron chi connectivity index (χ3n) is 4.91. The van der Waals surface area contributed by atoms with Gasteiger partial charge in [-0.25, -0.2) is 4.98 Å². The molecule has 3 heterocycles. The number of nitrogens with zero attached hydrogens (tertiary/aromatic N) is 4. The van der Waals surface area contributed by atoms with Gasteiger partial charge in [0.25, 0.3) is 0 Å². The first-order valence-electron chi connectivity index (χ1n) is 8.89. The molecule has 31 heavy (non-hydrogen) atoms. The van der Waals surface area contributed by atoms with Crippen LogP contribution in [0.5, 0.6) is 0 Å². The van der Waals surface area contributed by atoms with Crippen LogP contribution in [0.15, 0.2) is 18.2 Å². The maximum Gasteiger partial charge on any atom is 0.451 e.